The van der Waals surface area contributed by atoms with E-state index in [2.05, 4.69) is 52.0 Å². The van der Waals surface area contributed by atoms with Crippen LogP contribution in [-0.2, 0) is 65.4 Å². The van der Waals surface area contributed by atoms with E-state index in [1.165, 1.54) is 218 Å². The Labute approximate surface area is 612 Å². The Balaban J connectivity index is 5.29. The van der Waals surface area contributed by atoms with E-state index in [0.717, 1.165) is 116 Å². The molecule has 0 spiro atoms. The number of allylic oxidation sites excluding steroid dienone is 4. The zero-order chi connectivity index (χ0) is 73.2. The number of phosphoric acid groups is 2. The molecule has 0 aromatic carbocycles. The number of aliphatic hydroxyl groups excluding tert-OH is 1. The van der Waals surface area contributed by atoms with Crippen molar-refractivity contribution in [2.75, 3.05) is 39.6 Å². The summed E-state index contributed by atoms with van der Waals surface area (Å²) in [4.78, 5) is 73.0. The first-order valence-corrected chi connectivity index (χ1v) is 44.6. The van der Waals surface area contributed by atoms with Crippen molar-refractivity contribution in [1.29, 1.82) is 0 Å². The number of hydrogen-bond donors (Lipinski definition) is 3. The number of carbonyl (C=O) groups excluding carboxylic acids is 4. The summed E-state index contributed by atoms with van der Waals surface area (Å²) in [6, 6.07) is 0. The van der Waals surface area contributed by atoms with Crippen LogP contribution in [-0.4, -0.2) is 96.7 Å². The Morgan fingerprint density at radius 1 is 0.280 bits per heavy atom. The average Bonchev–Trinajstić information content (AvgIpc) is 0.944. The molecule has 0 aromatic heterocycles. The normalized spacial score (nSPS) is 13.9. The molecule has 0 rings (SSSR count). The molecule has 17 nitrogen and oxygen atoms in total. The van der Waals surface area contributed by atoms with Gasteiger partial charge in [-0.2, -0.15) is 0 Å². The van der Waals surface area contributed by atoms with Crippen LogP contribution in [0.3, 0.4) is 0 Å². The summed E-state index contributed by atoms with van der Waals surface area (Å²) < 4.78 is 68.7. The van der Waals surface area contributed by atoms with Crippen molar-refractivity contribution in [3.05, 3.63) is 24.3 Å². The average molecular weight is 1460 g/mol. The number of aliphatic hydroxyl groups is 1. The Morgan fingerprint density at radius 2 is 0.490 bits per heavy atom. The monoisotopic (exact) mass is 1460 g/mol. The van der Waals surface area contributed by atoms with Crippen molar-refractivity contribution in [3.63, 3.8) is 0 Å². The summed E-state index contributed by atoms with van der Waals surface area (Å²) in [6.07, 6.45) is 70.0. The smallest absolute Gasteiger partial charge is 0.462 e. The van der Waals surface area contributed by atoms with Crippen LogP contribution < -0.4 is 0 Å². The number of phosphoric ester groups is 2. The summed E-state index contributed by atoms with van der Waals surface area (Å²) in [5.74, 6) is -2.13. The number of carbonyl (C=O) groups is 4. The number of rotatable bonds is 80. The second-order valence-electron chi connectivity index (χ2n) is 28.4. The maximum atomic E-state index is 13.1. The summed E-state index contributed by atoms with van der Waals surface area (Å²) in [7, 11) is -9.93. The van der Waals surface area contributed by atoms with Crippen LogP contribution in [0.2, 0.25) is 0 Å². The molecular weight excluding hydrogens is 1310 g/mol. The van der Waals surface area contributed by atoms with E-state index in [1.54, 1.807) is 0 Å². The van der Waals surface area contributed by atoms with E-state index in [9.17, 15) is 43.2 Å². The second kappa shape index (κ2) is 74.8. The van der Waals surface area contributed by atoms with Gasteiger partial charge in [-0.15, -0.1) is 0 Å². The standard InChI is InChI=1S/C81H154O17P2/c1-5-9-13-17-21-25-29-33-36-37-40-44-48-52-56-60-64-68-81(86)98-77(72-92-79(84)66-62-58-54-50-46-43-39-35-31-27-23-19-15-11-7-3)74-96-100(89,90)94-70-75(82)69-93-99(87,88)95-73-76(97-80(85)67-63-59-55-51-47-41-32-28-24-20-16-12-8-4)71-91-78(83)65-61-57-53-49-45-42-38-34-30-26-22-18-14-10-6-2/h23,27,35,39,75-77,82H,5-22,24-26,28-34,36-38,40-74H2,1-4H3,(H,87,88)(H,89,90)/b27-23-,39-35-/t75-,76-,77-/m1/s1. The third kappa shape index (κ3) is 73.8. The quantitative estimate of drug-likeness (QED) is 0.0169. The minimum absolute atomic E-state index is 0.103. The SMILES string of the molecule is CCCCC/C=C\C/C=C\CCCCCCCC(=O)OC[C@H](COP(=O)(O)OC[C@H](O)COP(=O)(O)OC[C@@H](COC(=O)CCCCCCCCCCCCCCCCC)OC(=O)CCCCCCCCCCCCCCC)OC(=O)CCCCCCCCCCCCCCCCCCC. The molecule has 0 aromatic rings. The van der Waals surface area contributed by atoms with Crippen molar-refractivity contribution in [2.24, 2.45) is 0 Å². The highest BCUT2D eigenvalue weighted by Crippen LogP contribution is 2.45. The molecule has 0 fully saturated rings. The zero-order valence-electron chi connectivity index (χ0n) is 64.7. The molecule has 0 heterocycles. The van der Waals surface area contributed by atoms with Crippen LogP contribution in [0.5, 0.6) is 0 Å². The molecule has 0 aliphatic rings. The van der Waals surface area contributed by atoms with E-state index in [4.69, 9.17) is 37.0 Å². The van der Waals surface area contributed by atoms with Gasteiger partial charge in [-0.3, -0.25) is 37.3 Å². The number of hydrogen-bond acceptors (Lipinski definition) is 15. The maximum absolute atomic E-state index is 13.1. The van der Waals surface area contributed by atoms with Gasteiger partial charge in [0, 0.05) is 25.7 Å². The fourth-order valence-corrected chi connectivity index (χ4v) is 13.7. The lowest BCUT2D eigenvalue weighted by Crippen LogP contribution is -2.30. The number of unbranched alkanes of at least 4 members (excludes halogenated alkanes) is 50. The van der Waals surface area contributed by atoms with Gasteiger partial charge in [-0.25, -0.2) is 9.13 Å². The molecule has 0 aliphatic heterocycles. The molecule has 0 saturated carbocycles. The van der Waals surface area contributed by atoms with Crippen molar-refractivity contribution in [1.82, 2.24) is 0 Å². The van der Waals surface area contributed by atoms with E-state index in [-0.39, 0.29) is 25.7 Å². The van der Waals surface area contributed by atoms with E-state index in [1.807, 2.05) is 0 Å². The van der Waals surface area contributed by atoms with Gasteiger partial charge >= 0.3 is 39.5 Å². The molecule has 19 heteroatoms. The summed E-state index contributed by atoms with van der Waals surface area (Å²) in [6.45, 7) is 4.97. The van der Waals surface area contributed by atoms with Crippen LogP contribution in [0.4, 0.5) is 0 Å². The third-order valence-corrected chi connectivity index (χ3v) is 20.4. The van der Waals surface area contributed by atoms with Crippen LogP contribution in [0.25, 0.3) is 0 Å². The first-order chi connectivity index (χ1) is 48.7. The lowest BCUT2D eigenvalue weighted by Gasteiger charge is -2.21. The van der Waals surface area contributed by atoms with Crippen molar-refractivity contribution < 1.29 is 80.2 Å². The van der Waals surface area contributed by atoms with Crippen molar-refractivity contribution in [3.8, 4) is 0 Å². The lowest BCUT2D eigenvalue weighted by atomic mass is 10.0. The fourth-order valence-electron chi connectivity index (χ4n) is 12.1. The van der Waals surface area contributed by atoms with Gasteiger partial charge in [-0.05, 0) is 57.8 Å². The number of ether oxygens (including phenoxy) is 4. The molecule has 3 N–H and O–H groups in total. The highest BCUT2D eigenvalue weighted by atomic mass is 31.2. The predicted molar refractivity (Wildman–Crippen MR) is 409 cm³/mol. The van der Waals surface area contributed by atoms with Crippen LogP contribution in [0.1, 0.15) is 413 Å². The summed E-state index contributed by atoms with van der Waals surface area (Å²) in [5, 5.41) is 10.6. The lowest BCUT2D eigenvalue weighted by molar-refractivity contribution is -0.161. The molecule has 0 aliphatic carbocycles. The van der Waals surface area contributed by atoms with E-state index in [0.29, 0.717) is 25.7 Å². The Kier molecular flexibility index (Phi) is 73.0. The van der Waals surface area contributed by atoms with Gasteiger partial charge in [0.05, 0.1) is 26.4 Å². The van der Waals surface area contributed by atoms with Gasteiger partial charge in [0.15, 0.2) is 12.2 Å². The van der Waals surface area contributed by atoms with Crippen LogP contribution in [0, 0.1) is 0 Å². The zero-order valence-corrected chi connectivity index (χ0v) is 66.5. The van der Waals surface area contributed by atoms with Gasteiger partial charge in [0.2, 0.25) is 0 Å². The van der Waals surface area contributed by atoms with Gasteiger partial charge in [-0.1, -0.05) is 354 Å². The minimum atomic E-state index is -4.97. The molecule has 5 atom stereocenters. The first-order valence-electron chi connectivity index (χ1n) is 41.6. The summed E-state index contributed by atoms with van der Waals surface area (Å²) >= 11 is 0. The second-order valence-corrected chi connectivity index (χ2v) is 31.4. The Bertz CT molecular complexity index is 1990. The fraction of sp³-hybridized carbons (Fsp3) is 0.901. The Morgan fingerprint density at radius 3 is 0.760 bits per heavy atom. The molecule has 2 unspecified atom stereocenters. The molecule has 100 heavy (non-hydrogen) atoms. The molecule has 0 radical (unpaired) electrons. The Hall–Kier alpha value is -2.46. The van der Waals surface area contributed by atoms with Gasteiger partial charge in [0.25, 0.3) is 0 Å². The molecule has 590 valence electrons. The minimum Gasteiger partial charge on any atom is -0.462 e. The summed E-state index contributed by atoms with van der Waals surface area (Å²) in [5.41, 5.74) is 0. The van der Waals surface area contributed by atoms with E-state index < -0.39 is 97.5 Å². The van der Waals surface area contributed by atoms with Gasteiger partial charge < -0.3 is 33.8 Å². The molecular formula is C81H154O17P2. The maximum Gasteiger partial charge on any atom is 0.472 e. The predicted octanol–water partition coefficient (Wildman–Crippen LogP) is 24.1. The molecule has 0 saturated heterocycles. The highest BCUT2D eigenvalue weighted by Gasteiger charge is 2.30. The largest absolute Gasteiger partial charge is 0.472 e. The van der Waals surface area contributed by atoms with Crippen molar-refractivity contribution in [2.45, 2.75) is 431 Å². The molecule has 0 amide bonds. The topological polar surface area (TPSA) is 237 Å². The highest BCUT2D eigenvalue weighted by molar-refractivity contribution is 7.47. The third-order valence-electron chi connectivity index (χ3n) is 18.4. The van der Waals surface area contributed by atoms with E-state index >= 15 is 0 Å². The van der Waals surface area contributed by atoms with Crippen LogP contribution >= 0.6 is 15.6 Å². The molecule has 0 bridgehead atoms. The number of esters is 4. The van der Waals surface area contributed by atoms with Gasteiger partial charge in [0.1, 0.15) is 19.3 Å². The van der Waals surface area contributed by atoms with Crippen LogP contribution in [0.15, 0.2) is 24.3 Å². The van der Waals surface area contributed by atoms with Crippen molar-refractivity contribution >= 4 is 39.5 Å². The first kappa shape index (κ1) is 97.5.